The Bertz CT molecular complexity index is 3200. The summed E-state index contributed by atoms with van der Waals surface area (Å²) < 4.78 is 11.7. The number of benzene rings is 8. The summed E-state index contributed by atoms with van der Waals surface area (Å²) in [7, 11) is 0. The number of para-hydroxylation sites is 3. The molecule has 0 amide bonds. The van der Waals surface area contributed by atoms with Crippen LogP contribution in [0.1, 0.15) is 0 Å². The van der Waals surface area contributed by atoms with E-state index in [0.717, 1.165) is 38.8 Å². The molecule has 0 bridgehead atoms. The molecule has 8 aromatic carbocycles. The van der Waals surface area contributed by atoms with Gasteiger partial charge >= 0.3 is 0 Å². The lowest BCUT2D eigenvalue weighted by atomic mass is 10.0. The first-order valence-corrected chi connectivity index (χ1v) is 16.9. The van der Waals surface area contributed by atoms with Crippen LogP contribution in [0.3, 0.4) is 0 Å². The van der Waals surface area contributed by atoms with E-state index in [2.05, 4.69) is 167 Å². The first-order chi connectivity index (χ1) is 24.3. The molecule has 3 heterocycles. The van der Waals surface area contributed by atoms with E-state index in [9.17, 15) is 0 Å². The minimum Gasteiger partial charge on any atom is -0.454 e. The largest absolute Gasteiger partial charge is 0.454 e. The van der Waals surface area contributed by atoms with Crippen LogP contribution in [0.2, 0.25) is 0 Å². The second-order valence-corrected chi connectivity index (χ2v) is 13.3. The maximum Gasteiger partial charge on any atom is 0.160 e. The van der Waals surface area contributed by atoms with Crippen LogP contribution in [-0.4, -0.2) is 9.13 Å². The SMILES string of the molecule is c1ccc(-n2c3ccccc3c3ccc4c5ccc6c7ccccc7oc6c5n(-c5ccc6c(c5)-c5cccc7cccc-6c57)c4c32)cc1. The van der Waals surface area contributed by atoms with Crippen molar-refractivity contribution in [2.75, 3.05) is 0 Å². The number of hydrogen-bond acceptors (Lipinski definition) is 1. The predicted octanol–water partition coefficient (Wildman–Crippen LogP) is 12.6. The summed E-state index contributed by atoms with van der Waals surface area (Å²) in [5, 5.41) is 9.74. The predicted molar refractivity (Wildman–Crippen MR) is 204 cm³/mol. The highest BCUT2D eigenvalue weighted by Crippen LogP contribution is 2.50. The zero-order valence-corrected chi connectivity index (χ0v) is 26.3. The average molecular weight is 623 g/mol. The highest BCUT2D eigenvalue weighted by Gasteiger charge is 2.26. The normalized spacial score (nSPS) is 12.5. The van der Waals surface area contributed by atoms with Gasteiger partial charge in [-0.15, -0.1) is 0 Å². The van der Waals surface area contributed by atoms with Gasteiger partial charge in [-0.3, -0.25) is 0 Å². The number of rotatable bonds is 2. The van der Waals surface area contributed by atoms with Crippen LogP contribution in [-0.2, 0) is 0 Å². The number of nitrogens with zero attached hydrogens (tertiary/aromatic N) is 2. The summed E-state index contributed by atoms with van der Waals surface area (Å²) in [6, 6.07) is 57.5. The molecule has 3 aromatic heterocycles. The summed E-state index contributed by atoms with van der Waals surface area (Å²) in [5.41, 5.74) is 13.9. The third-order valence-corrected chi connectivity index (χ3v) is 10.8. The fourth-order valence-electron chi connectivity index (χ4n) is 8.83. The van der Waals surface area contributed by atoms with E-state index in [1.54, 1.807) is 0 Å². The molecule has 1 aliphatic rings. The van der Waals surface area contributed by atoms with Crippen LogP contribution < -0.4 is 0 Å². The van der Waals surface area contributed by atoms with Crippen molar-refractivity contribution >= 4 is 76.3 Å². The van der Waals surface area contributed by atoms with Gasteiger partial charge in [-0.05, 0) is 75.5 Å². The molecule has 12 rings (SSSR count). The van der Waals surface area contributed by atoms with Gasteiger partial charge in [0.05, 0.1) is 22.1 Å². The van der Waals surface area contributed by atoms with Gasteiger partial charge in [0.2, 0.25) is 0 Å². The van der Waals surface area contributed by atoms with E-state index in [1.807, 2.05) is 0 Å². The molecule has 0 fully saturated rings. The van der Waals surface area contributed by atoms with E-state index in [4.69, 9.17) is 4.42 Å². The topological polar surface area (TPSA) is 23.0 Å². The maximum absolute atomic E-state index is 6.81. The van der Waals surface area contributed by atoms with Gasteiger partial charge in [-0.25, -0.2) is 0 Å². The standard InChI is InChI=1S/C46H26N2O/c1-2-12-28(13-3-1)47-40-18-6-4-14-31(40)35-22-23-36-37-24-25-38-32-15-5-7-19-41(32)49-46(38)45(37)48(44(36)43(35)47)29-20-21-30-33-16-8-10-27-11-9-17-34(42(27)33)39(30)26-29/h1-26H. The van der Waals surface area contributed by atoms with E-state index in [1.165, 1.54) is 71.1 Å². The van der Waals surface area contributed by atoms with Crippen molar-refractivity contribution in [1.82, 2.24) is 9.13 Å². The Balaban J connectivity index is 1.31. The Morgan fingerprint density at radius 1 is 0.367 bits per heavy atom. The lowest BCUT2D eigenvalue weighted by Crippen LogP contribution is -1.99. The second kappa shape index (κ2) is 9.06. The van der Waals surface area contributed by atoms with Crippen LogP contribution >= 0.6 is 0 Å². The Morgan fingerprint density at radius 3 is 1.86 bits per heavy atom. The van der Waals surface area contributed by atoms with E-state index < -0.39 is 0 Å². The number of furan rings is 1. The van der Waals surface area contributed by atoms with Gasteiger partial charge in [0.1, 0.15) is 5.58 Å². The smallest absolute Gasteiger partial charge is 0.160 e. The second-order valence-electron chi connectivity index (χ2n) is 13.3. The van der Waals surface area contributed by atoms with E-state index in [0.29, 0.717) is 0 Å². The van der Waals surface area contributed by atoms with Crippen LogP contribution in [0, 0.1) is 0 Å². The molecule has 0 unspecified atom stereocenters. The van der Waals surface area contributed by atoms with Crippen molar-refractivity contribution in [2.45, 2.75) is 0 Å². The average Bonchev–Trinajstić information content (AvgIpc) is 3.89. The molecule has 3 nitrogen and oxygen atoms in total. The minimum atomic E-state index is 0.904. The number of aromatic nitrogens is 2. The molecule has 1 aliphatic carbocycles. The fourth-order valence-corrected chi connectivity index (χ4v) is 8.83. The van der Waals surface area contributed by atoms with Crippen LogP contribution in [0.15, 0.2) is 162 Å². The summed E-state index contributed by atoms with van der Waals surface area (Å²) in [6.45, 7) is 0. The van der Waals surface area contributed by atoms with E-state index in [-0.39, 0.29) is 0 Å². The highest BCUT2D eigenvalue weighted by atomic mass is 16.3. The van der Waals surface area contributed by atoms with Gasteiger partial charge in [-0.2, -0.15) is 0 Å². The van der Waals surface area contributed by atoms with Gasteiger partial charge < -0.3 is 13.6 Å². The van der Waals surface area contributed by atoms with Crippen molar-refractivity contribution < 1.29 is 4.42 Å². The first-order valence-electron chi connectivity index (χ1n) is 16.9. The molecule has 0 N–H and O–H groups in total. The molecule has 0 spiro atoms. The molecule has 11 aromatic rings. The zero-order valence-electron chi connectivity index (χ0n) is 26.3. The molecule has 0 atom stereocenters. The minimum absolute atomic E-state index is 0.904. The highest BCUT2D eigenvalue weighted by molar-refractivity contribution is 6.28. The molecular weight excluding hydrogens is 597 g/mol. The number of fused-ring (bicyclic) bond motifs is 14. The van der Waals surface area contributed by atoms with Crippen molar-refractivity contribution in [2.24, 2.45) is 0 Å². The zero-order chi connectivity index (χ0) is 31.8. The van der Waals surface area contributed by atoms with Crippen LogP contribution in [0.25, 0.3) is 110 Å². The molecule has 3 heteroatoms. The lowest BCUT2D eigenvalue weighted by Gasteiger charge is -2.14. The molecule has 0 radical (unpaired) electrons. The Labute approximate surface area is 280 Å². The van der Waals surface area contributed by atoms with Crippen molar-refractivity contribution in [3.05, 3.63) is 158 Å². The summed E-state index contributed by atoms with van der Waals surface area (Å²) in [6.07, 6.45) is 0. The van der Waals surface area contributed by atoms with Gasteiger partial charge in [-0.1, -0.05) is 115 Å². The molecule has 49 heavy (non-hydrogen) atoms. The summed E-state index contributed by atoms with van der Waals surface area (Å²) in [4.78, 5) is 0. The summed E-state index contributed by atoms with van der Waals surface area (Å²) in [5.74, 6) is 0. The van der Waals surface area contributed by atoms with Crippen molar-refractivity contribution in [3.8, 4) is 33.6 Å². The monoisotopic (exact) mass is 622 g/mol. The quantitative estimate of drug-likeness (QED) is 0.188. The van der Waals surface area contributed by atoms with Crippen molar-refractivity contribution in [3.63, 3.8) is 0 Å². The van der Waals surface area contributed by atoms with Gasteiger partial charge in [0.25, 0.3) is 0 Å². The Morgan fingerprint density at radius 2 is 1.02 bits per heavy atom. The lowest BCUT2D eigenvalue weighted by molar-refractivity contribution is 0.671. The van der Waals surface area contributed by atoms with Gasteiger partial charge in [0.15, 0.2) is 5.58 Å². The maximum atomic E-state index is 6.81. The van der Waals surface area contributed by atoms with E-state index >= 15 is 0 Å². The third kappa shape index (κ3) is 3.17. The Kier molecular flexibility index (Phi) is 4.72. The molecule has 0 aliphatic heterocycles. The van der Waals surface area contributed by atoms with Crippen LogP contribution in [0.5, 0.6) is 0 Å². The molecule has 0 saturated carbocycles. The van der Waals surface area contributed by atoms with Crippen LogP contribution in [0.4, 0.5) is 0 Å². The fraction of sp³-hybridized carbons (Fsp3) is 0. The van der Waals surface area contributed by atoms with Gasteiger partial charge in [0, 0.05) is 43.7 Å². The first kappa shape index (κ1) is 25.5. The van der Waals surface area contributed by atoms with Crippen molar-refractivity contribution in [1.29, 1.82) is 0 Å². The Hall–Kier alpha value is -6.58. The summed E-state index contributed by atoms with van der Waals surface area (Å²) >= 11 is 0. The number of hydrogen-bond donors (Lipinski definition) is 0. The molecule has 226 valence electrons. The third-order valence-electron chi connectivity index (χ3n) is 10.8. The molecular formula is C46H26N2O. The molecule has 0 saturated heterocycles.